The summed E-state index contributed by atoms with van der Waals surface area (Å²) in [7, 11) is 0. The van der Waals surface area contributed by atoms with E-state index in [-0.39, 0.29) is 18.4 Å². The molecular formula is C16H23BrO10. The molecule has 0 spiro atoms. The first kappa shape index (κ1) is 23.3. The van der Waals surface area contributed by atoms with Crippen LogP contribution in [0.1, 0.15) is 34.1 Å². The molecule has 0 unspecified atom stereocenters. The first-order chi connectivity index (χ1) is 12.5. The predicted octanol–water partition coefficient (Wildman–Crippen LogP) is 0.217. The second kappa shape index (κ2) is 10.00. The number of aliphatic hydroxyl groups is 1. The second-order valence-corrected chi connectivity index (χ2v) is 6.71. The van der Waals surface area contributed by atoms with Gasteiger partial charge in [-0.25, -0.2) is 0 Å². The molecule has 0 amide bonds. The third kappa shape index (κ3) is 6.74. The van der Waals surface area contributed by atoms with Crippen LogP contribution in [0.15, 0.2) is 0 Å². The van der Waals surface area contributed by atoms with Gasteiger partial charge in [0.15, 0.2) is 18.3 Å². The van der Waals surface area contributed by atoms with E-state index in [0.717, 1.165) is 20.8 Å². The Balaban J connectivity index is 3.36. The fourth-order valence-electron chi connectivity index (χ4n) is 2.69. The van der Waals surface area contributed by atoms with E-state index >= 15 is 0 Å². The third-order valence-corrected chi connectivity index (χ3v) is 3.99. The highest BCUT2D eigenvalue weighted by Gasteiger charge is 2.59. The zero-order valence-corrected chi connectivity index (χ0v) is 17.0. The maximum absolute atomic E-state index is 11.6. The zero-order chi connectivity index (χ0) is 20.8. The Morgan fingerprint density at radius 2 is 1.44 bits per heavy atom. The molecular weight excluding hydrogens is 432 g/mol. The molecule has 1 heterocycles. The van der Waals surface area contributed by atoms with Crippen molar-refractivity contribution in [2.75, 3.05) is 11.9 Å². The summed E-state index contributed by atoms with van der Waals surface area (Å²) in [5.41, 5.74) is 0. The lowest BCUT2D eigenvalue weighted by atomic mass is 9.90. The van der Waals surface area contributed by atoms with E-state index in [1.165, 1.54) is 6.92 Å². The Kier molecular flexibility index (Phi) is 8.63. The van der Waals surface area contributed by atoms with Crippen LogP contribution in [0, 0.1) is 0 Å². The molecule has 0 aromatic carbocycles. The smallest absolute Gasteiger partial charge is 0.303 e. The molecule has 1 fully saturated rings. The van der Waals surface area contributed by atoms with Gasteiger partial charge in [0.2, 0.25) is 5.79 Å². The highest BCUT2D eigenvalue weighted by molar-refractivity contribution is 9.09. The monoisotopic (exact) mass is 454 g/mol. The molecule has 27 heavy (non-hydrogen) atoms. The molecule has 0 aliphatic carbocycles. The standard InChI is InChI=1S/C16H23BrO10/c1-8(18)23-7-12-13(24-9(2)19)14(25-10(3)20)15(26-11(4)21)16(22,27-12)5-6-17/h12-15,22H,5-7H2,1-4H3/t12-,13-,14+,15-,16+/m1/s1. The molecule has 0 bridgehead atoms. The lowest BCUT2D eigenvalue weighted by molar-refractivity contribution is -0.352. The van der Waals surface area contributed by atoms with Crippen molar-refractivity contribution < 1.29 is 48.0 Å². The molecule has 0 radical (unpaired) electrons. The van der Waals surface area contributed by atoms with E-state index in [2.05, 4.69) is 15.9 Å². The third-order valence-electron chi connectivity index (χ3n) is 3.59. The van der Waals surface area contributed by atoms with E-state index < -0.39 is 54.1 Å². The van der Waals surface area contributed by atoms with Crippen LogP contribution in [-0.2, 0) is 42.9 Å². The molecule has 1 saturated heterocycles. The highest BCUT2D eigenvalue weighted by Crippen LogP contribution is 2.36. The number of ether oxygens (including phenoxy) is 5. The van der Waals surface area contributed by atoms with Gasteiger partial charge in [0.1, 0.15) is 12.7 Å². The van der Waals surface area contributed by atoms with Crippen molar-refractivity contribution in [2.45, 2.75) is 64.3 Å². The van der Waals surface area contributed by atoms with Crippen LogP contribution in [0.3, 0.4) is 0 Å². The lowest BCUT2D eigenvalue weighted by Gasteiger charge is -2.48. The van der Waals surface area contributed by atoms with Gasteiger partial charge in [0.05, 0.1) is 0 Å². The molecule has 10 nitrogen and oxygen atoms in total. The zero-order valence-electron chi connectivity index (χ0n) is 15.4. The summed E-state index contributed by atoms with van der Waals surface area (Å²) in [6.45, 7) is 4.11. The van der Waals surface area contributed by atoms with Gasteiger partial charge in [-0.3, -0.25) is 19.2 Å². The summed E-state index contributed by atoms with van der Waals surface area (Å²) in [4.78, 5) is 45.8. The van der Waals surface area contributed by atoms with E-state index in [4.69, 9.17) is 23.7 Å². The average molecular weight is 455 g/mol. The van der Waals surface area contributed by atoms with Crippen LogP contribution < -0.4 is 0 Å². The highest BCUT2D eigenvalue weighted by atomic mass is 79.9. The Bertz CT molecular complexity index is 580. The van der Waals surface area contributed by atoms with Gasteiger partial charge in [-0.2, -0.15) is 0 Å². The number of carbonyl (C=O) groups excluding carboxylic acids is 4. The summed E-state index contributed by atoms with van der Waals surface area (Å²) in [5, 5.41) is 11.2. The summed E-state index contributed by atoms with van der Waals surface area (Å²) in [6, 6.07) is 0. The maximum Gasteiger partial charge on any atom is 0.303 e. The summed E-state index contributed by atoms with van der Waals surface area (Å²) in [6.07, 6.45) is -5.38. The van der Waals surface area contributed by atoms with Crippen LogP contribution in [0.4, 0.5) is 0 Å². The summed E-state index contributed by atoms with van der Waals surface area (Å²) in [5.74, 6) is -4.98. The first-order valence-electron chi connectivity index (χ1n) is 8.11. The minimum Gasteiger partial charge on any atom is -0.463 e. The number of alkyl halides is 1. The van der Waals surface area contributed by atoms with Crippen LogP contribution in [0.25, 0.3) is 0 Å². The number of carbonyl (C=O) groups is 4. The van der Waals surface area contributed by atoms with Crippen LogP contribution in [0.5, 0.6) is 0 Å². The Morgan fingerprint density at radius 3 is 1.89 bits per heavy atom. The van der Waals surface area contributed by atoms with Crippen molar-refractivity contribution in [1.29, 1.82) is 0 Å². The van der Waals surface area contributed by atoms with Crippen molar-refractivity contribution in [3.63, 3.8) is 0 Å². The molecule has 0 saturated carbocycles. The number of hydrogen-bond donors (Lipinski definition) is 1. The van der Waals surface area contributed by atoms with Crippen molar-refractivity contribution >= 4 is 39.8 Å². The van der Waals surface area contributed by atoms with Crippen molar-refractivity contribution in [1.82, 2.24) is 0 Å². The minimum absolute atomic E-state index is 0.0634. The summed E-state index contributed by atoms with van der Waals surface area (Å²) < 4.78 is 26.1. The Labute approximate surface area is 164 Å². The lowest BCUT2D eigenvalue weighted by Crippen LogP contribution is -2.68. The van der Waals surface area contributed by atoms with Gasteiger partial charge in [0, 0.05) is 39.4 Å². The van der Waals surface area contributed by atoms with Crippen LogP contribution in [-0.4, -0.2) is 71.1 Å². The van der Waals surface area contributed by atoms with Gasteiger partial charge < -0.3 is 28.8 Å². The molecule has 1 rings (SSSR count). The first-order valence-corrected chi connectivity index (χ1v) is 9.23. The van der Waals surface area contributed by atoms with Gasteiger partial charge >= 0.3 is 23.9 Å². The van der Waals surface area contributed by atoms with E-state index in [1.807, 2.05) is 0 Å². The molecule has 5 atom stereocenters. The number of halogens is 1. The quantitative estimate of drug-likeness (QED) is 0.323. The molecule has 1 aliphatic heterocycles. The van der Waals surface area contributed by atoms with E-state index in [9.17, 15) is 24.3 Å². The Morgan fingerprint density at radius 1 is 0.926 bits per heavy atom. The minimum atomic E-state index is -2.09. The molecule has 11 heteroatoms. The maximum atomic E-state index is 11.6. The van der Waals surface area contributed by atoms with E-state index in [0.29, 0.717) is 0 Å². The molecule has 1 aliphatic rings. The molecule has 0 aromatic rings. The Hall–Kier alpha value is -1.72. The normalized spacial score (nSPS) is 30.1. The van der Waals surface area contributed by atoms with Crippen molar-refractivity contribution in [2.24, 2.45) is 0 Å². The van der Waals surface area contributed by atoms with Crippen molar-refractivity contribution in [3.05, 3.63) is 0 Å². The fraction of sp³-hybridized carbons (Fsp3) is 0.750. The number of esters is 4. The van der Waals surface area contributed by atoms with Gasteiger partial charge in [-0.05, 0) is 0 Å². The topological polar surface area (TPSA) is 135 Å². The predicted molar refractivity (Wildman–Crippen MR) is 91.5 cm³/mol. The van der Waals surface area contributed by atoms with Gasteiger partial charge in [-0.15, -0.1) is 0 Å². The second-order valence-electron chi connectivity index (χ2n) is 5.92. The number of rotatable bonds is 7. The summed E-state index contributed by atoms with van der Waals surface area (Å²) >= 11 is 3.16. The molecule has 1 N–H and O–H groups in total. The van der Waals surface area contributed by atoms with Crippen LogP contribution in [0.2, 0.25) is 0 Å². The number of hydrogen-bond acceptors (Lipinski definition) is 10. The molecule has 154 valence electrons. The van der Waals surface area contributed by atoms with Gasteiger partial charge in [-0.1, -0.05) is 15.9 Å². The SMILES string of the molecule is CC(=O)OC[C@H]1O[C@@](O)(CCBr)[C@H](OC(C)=O)[C@@H](OC(C)=O)[C@@H]1OC(C)=O. The molecule has 0 aromatic heterocycles. The van der Waals surface area contributed by atoms with Crippen molar-refractivity contribution in [3.8, 4) is 0 Å². The van der Waals surface area contributed by atoms with Crippen LogP contribution >= 0.6 is 15.9 Å². The van der Waals surface area contributed by atoms with E-state index in [1.54, 1.807) is 0 Å². The fourth-order valence-corrected chi connectivity index (χ4v) is 3.26. The average Bonchev–Trinajstić information content (AvgIpc) is 2.51. The largest absolute Gasteiger partial charge is 0.463 e. The van der Waals surface area contributed by atoms with Gasteiger partial charge in [0.25, 0.3) is 0 Å².